The van der Waals surface area contributed by atoms with E-state index in [2.05, 4.69) is 15.3 Å². The van der Waals surface area contributed by atoms with Crippen molar-refractivity contribution in [1.29, 1.82) is 0 Å². The molecule has 2 fully saturated rings. The van der Waals surface area contributed by atoms with Crippen molar-refractivity contribution >= 4 is 11.5 Å². The molecule has 6 heteroatoms. The molecule has 3 rings (SSSR count). The molecule has 98 valence electrons. The molecule has 2 heterocycles. The smallest absolute Gasteiger partial charge is 0.242 e. The molecule has 2 atom stereocenters. The molecule has 3 N–H and O–H groups in total. The van der Waals surface area contributed by atoms with E-state index in [4.69, 9.17) is 15.2 Å². The fourth-order valence-electron chi connectivity index (χ4n) is 2.49. The Bertz CT molecular complexity index is 436. The maximum absolute atomic E-state index is 5.96. The van der Waals surface area contributed by atoms with Crippen molar-refractivity contribution < 1.29 is 9.47 Å². The molecule has 6 nitrogen and oxygen atoms in total. The van der Waals surface area contributed by atoms with Gasteiger partial charge in [-0.05, 0) is 25.2 Å². The second-order valence-corrected chi connectivity index (χ2v) is 4.86. The van der Waals surface area contributed by atoms with Crippen LogP contribution in [0.1, 0.15) is 19.3 Å². The molecular weight excluding hydrogens is 232 g/mol. The minimum atomic E-state index is 0.291. The Kier molecular flexibility index (Phi) is 2.95. The number of rotatable bonds is 4. The van der Waals surface area contributed by atoms with Crippen LogP contribution in [0.4, 0.5) is 11.5 Å². The molecule has 1 aromatic rings. The van der Waals surface area contributed by atoms with Gasteiger partial charge < -0.3 is 20.5 Å². The lowest BCUT2D eigenvalue weighted by atomic mass is 10.1. The summed E-state index contributed by atoms with van der Waals surface area (Å²) >= 11 is 0. The summed E-state index contributed by atoms with van der Waals surface area (Å²) in [6.45, 7) is 0.807. The lowest BCUT2D eigenvalue weighted by Crippen LogP contribution is -2.31. The first-order valence-electron chi connectivity index (χ1n) is 6.32. The second kappa shape index (κ2) is 4.61. The van der Waals surface area contributed by atoms with Crippen molar-refractivity contribution in [1.82, 2.24) is 9.97 Å². The maximum atomic E-state index is 5.96. The number of nitrogens with two attached hydrogens (primary N) is 1. The van der Waals surface area contributed by atoms with Crippen molar-refractivity contribution in [3.05, 3.63) is 6.33 Å². The maximum Gasteiger partial charge on any atom is 0.242 e. The highest BCUT2D eigenvalue weighted by molar-refractivity contribution is 5.66. The van der Waals surface area contributed by atoms with E-state index in [9.17, 15) is 0 Å². The van der Waals surface area contributed by atoms with Gasteiger partial charge in [-0.2, -0.15) is 4.98 Å². The van der Waals surface area contributed by atoms with Crippen LogP contribution in [0.2, 0.25) is 0 Å². The normalized spacial score (nSPS) is 27.2. The van der Waals surface area contributed by atoms with Crippen LogP contribution < -0.4 is 15.8 Å². The summed E-state index contributed by atoms with van der Waals surface area (Å²) in [5.74, 6) is 1.76. The van der Waals surface area contributed by atoms with Gasteiger partial charge in [0.2, 0.25) is 5.88 Å². The van der Waals surface area contributed by atoms with Gasteiger partial charge in [0.05, 0.1) is 19.3 Å². The van der Waals surface area contributed by atoms with Crippen molar-refractivity contribution in [2.24, 2.45) is 5.92 Å². The van der Waals surface area contributed by atoms with Gasteiger partial charge in [-0.3, -0.25) is 0 Å². The number of anilines is 2. The van der Waals surface area contributed by atoms with Gasteiger partial charge in [-0.1, -0.05) is 0 Å². The lowest BCUT2D eigenvalue weighted by Gasteiger charge is -2.20. The largest absolute Gasteiger partial charge is 0.479 e. The van der Waals surface area contributed by atoms with Crippen LogP contribution in [-0.4, -0.2) is 35.8 Å². The topological polar surface area (TPSA) is 82.3 Å². The Morgan fingerprint density at radius 2 is 2.22 bits per heavy atom. The fraction of sp³-hybridized carbons (Fsp3) is 0.667. The highest BCUT2D eigenvalue weighted by atomic mass is 16.5. The minimum absolute atomic E-state index is 0.291. The SMILES string of the molecule is COc1ncnc(NC2CCOC2C2CC2)c1N. The first-order chi connectivity index (χ1) is 8.79. The summed E-state index contributed by atoms with van der Waals surface area (Å²) in [6, 6.07) is 0.291. The molecule has 2 unspecified atom stereocenters. The summed E-state index contributed by atoms with van der Waals surface area (Å²) in [7, 11) is 1.55. The molecular formula is C12H18N4O2. The zero-order valence-corrected chi connectivity index (χ0v) is 10.4. The molecule has 18 heavy (non-hydrogen) atoms. The molecule has 1 aliphatic carbocycles. The first-order valence-corrected chi connectivity index (χ1v) is 6.32. The molecule has 1 saturated carbocycles. The van der Waals surface area contributed by atoms with Crippen LogP contribution in [-0.2, 0) is 4.74 Å². The number of hydrogen-bond acceptors (Lipinski definition) is 6. The molecule has 1 aromatic heterocycles. The molecule has 1 aliphatic heterocycles. The lowest BCUT2D eigenvalue weighted by molar-refractivity contribution is 0.0898. The average Bonchev–Trinajstić information content (AvgIpc) is 3.13. The molecule has 0 bridgehead atoms. The number of aromatic nitrogens is 2. The molecule has 2 aliphatic rings. The predicted molar refractivity (Wildman–Crippen MR) is 67.5 cm³/mol. The van der Waals surface area contributed by atoms with E-state index in [0.29, 0.717) is 35.4 Å². The van der Waals surface area contributed by atoms with Crippen molar-refractivity contribution in [2.75, 3.05) is 24.8 Å². The average molecular weight is 250 g/mol. The summed E-state index contributed by atoms with van der Waals surface area (Å²) in [5, 5.41) is 3.37. The Morgan fingerprint density at radius 1 is 1.39 bits per heavy atom. The van der Waals surface area contributed by atoms with E-state index in [1.54, 1.807) is 7.11 Å². The van der Waals surface area contributed by atoms with E-state index in [1.165, 1.54) is 19.2 Å². The van der Waals surface area contributed by atoms with E-state index >= 15 is 0 Å². The van der Waals surface area contributed by atoms with Gasteiger partial charge in [-0.25, -0.2) is 4.98 Å². The summed E-state index contributed by atoms with van der Waals surface area (Å²) in [4.78, 5) is 8.15. The first kappa shape index (κ1) is 11.5. The van der Waals surface area contributed by atoms with Crippen LogP contribution in [0.5, 0.6) is 5.88 Å². The van der Waals surface area contributed by atoms with Gasteiger partial charge >= 0.3 is 0 Å². The third-order valence-electron chi connectivity index (χ3n) is 3.59. The molecule has 0 amide bonds. The molecule has 0 radical (unpaired) electrons. The fourth-order valence-corrected chi connectivity index (χ4v) is 2.49. The number of nitrogens with one attached hydrogen (secondary N) is 1. The van der Waals surface area contributed by atoms with Crippen LogP contribution in [0.15, 0.2) is 6.33 Å². The number of nitrogen functional groups attached to an aromatic ring is 1. The standard InChI is InChI=1S/C12H18N4O2/c1-17-12-9(13)11(14-6-15-12)16-8-4-5-18-10(8)7-2-3-7/h6-8,10H,2-5,13H2,1H3,(H,14,15,16). The zero-order valence-electron chi connectivity index (χ0n) is 10.4. The van der Waals surface area contributed by atoms with Crippen LogP contribution in [0, 0.1) is 5.92 Å². The zero-order chi connectivity index (χ0) is 12.5. The van der Waals surface area contributed by atoms with Crippen LogP contribution in [0.25, 0.3) is 0 Å². The van der Waals surface area contributed by atoms with Gasteiger partial charge in [0, 0.05) is 6.61 Å². The van der Waals surface area contributed by atoms with Gasteiger partial charge in [0.25, 0.3) is 0 Å². The Labute approximate surface area is 106 Å². The third kappa shape index (κ3) is 2.08. The molecule has 0 aromatic carbocycles. The van der Waals surface area contributed by atoms with E-state index in [-0.39, 0.29) is 0 Å². The van der Waals surface area contributed by atoms with Gasteiger partial charge in [-0.15, -0.1) is 0 Å². The van der Waals surface area contributed by atoms with E-state index in [0.717, 1.165) is 13.0 Å². The number of hydrogen-bond donors (Lipinski definition) is 2. The molecule has 0 spiro atoms. The number of methoxy groups -OCH3 is 1. The Hall–Kier alpha value is -1.56. The number of nitrogens with zero attached hydrogens (tertiary/aromatic N) is 2. The monoisotopic (exact) mass is 250 g/mol. The van der Waals surface area contributed by atoms with E-state index < -0.39 is 0 Å². The third-order valence-corrected chi connectivity index (χ3v) is 3.59. The Balaban J connectivity index is 1.75. The second-order valence-electron chi connectivity index (χ2n) is 4.86. The Morgan fingerprint density at radius 3 is 2.94 bits per heavy atom. The summed E-state index contributed by atoms with van der Waals surface area (Å²) in [5.41, 5.74) is 6.42. The van der Waals surface area contributed by atoms with Crippen LogP contribution >= 0.6 is 0 Å². The summed E-state index contributed by atoms with van der Waals surface area (Å²) < 4.78 is 10.9. The quantitative estimate of drug-likeness (QED) is 0.831. The van der Waals surface area contributed by atoms with Crippen molar-refractivity contribution in [3.63, 3.8) is 0 Å². The minimum Gasteiger partial charge on any atom is -0.479 e. The predicted octanol–water partition coefficient (Wildman–Crippen LogP) is 1.05. The van der Waals surface area contributed by atoms with Gasteiger partial charge in [0.15, 0.2) is 5.82 Å². The van der Waals surface area contributed by atoms with Crippen LogP contribution in [0.3, 0.4) is 0 Å². The number of ether oxygens (including phenoxy) is 2. The van der Waals surface area contributed by atoms with Crippen molar-refractivity contribution in [2.45, 2.75) is 31.4 Å². The molecule has 1 saturated heterocycles. The highest BCUT2D eigenvalue weighted by Crippen LogP contribution is 2.40. The van der Waals surface area contributed by atoms with Crippen molar-refractivity contribution in [3.8, 4) is 5.88 Å². The van der Waals surface area contributed by atoms with E-state index in [1.807, 2.05) is 0 Å². The summed E-state index contributed by atoms with van der Waals surface area (Å²) in [6.07, 6.45) is 5.29. The van der Waals surface area contributed by atoms with Gasteiger partial charge in [0.1, 0.15) is 12.0 Å². The highest BCUT2D eigenvalue weighted by Gasteiger charge is 2.40.